The third-order valence-corrected chi connectivity index (χ3v) is 3.17. The van der Waals surface area contributed by atoms with E-state index in [1.54, 1.807) is 0 Å². The molecule has 1 fully saturated rings. The van der Waals surface area contributed by atoms with E-state index >= 15 is 0 Å². The molecular weight excluding hydrogens is 224 g/mol. The van der Waals surface area contributed by atoms with Crippen molar-refractivity contribution < 1.29 is 13.5 Å². The van der Waals surface area contributed by atoms with Crippen molar-refractivity contribution in [3.63, 3.8) is 0 Å². The Balaban J connectivity index is 2.18. The van der Waals surface area contributed by atoms with Crippen LogP contribution in [0.4, 0.5) is 8.78 Å². The normalized spacial score (nSPS) is 20.3. The number of rotatable bonds is 3. The van der Waals surface area contributed by atoms with Gasteiger partial charge in [0, 0.05) is 17.7 Å². The SMILES string of the molecule is COc1c(F)cc(F)cc1CC1CCCCN1. The van der Waals surface area contributed by atoms with Crippen LogP contribution in [0.15, 0.2) is 12.1 Å². The second-order valence-electron chi connectivity index (χ2n) is 4.43. The fourth-order valence-corrected chi connectivity index (χ4v) is 2.36. The first-order valence-corrected chi connectivity index (χ1v) is 5.96. The number of ether oxygens (including phenoxy) is 1. The molecule has 1 aromatic carbocycles. The van der Waals surface area contributed by atoms with Crippen LogP contribution < -0.4 is 10.1 Å². The van der Waals surface area contributed by atoms with Gasteiger partial charge in [0.2, 0.25) is 0 Å². The molecule has 94 valence electrons. The molecule has 1 N–H and O–H groups in total. The summed E-state index contributed by atoms with van der Waals surface area (Å²) >= 11 is 0. The minimum Gasteiger partial charge on any atom is -0.493 e. The monoisotopic (exact) mass is 241 g/mol. The molecule has 1 saturated heterocycles. The van der Waals surface area contributed by atoms with Crippen LogP contribution in [0.3, 0.4) is 0 Å². The maximum atomic E-state index is 13.5. The molecule has 1 aliphatic heterocycles. The Kier molecular flexibility index (Phi) is 3.94. The molecule has 1 aliphatic rings. The number of halogens is 2. The minimum absolute atomic E-state index is 0.166. The van der Waals surface area contributed by atoms with Crippen molar-refractivity contribution in [1.29, 1.82) is 0 Å². The molecule has 0 amide bonds. The second-order valence-corrected chi connectivity index (χ2v) is 4.43. The summed E-state index contributed by atoms with van der Waals surface area (Å²) < 4.78 is 31.7. The van der Waals surface area contributed by atoms with Gasteiger partial charge in [0.25, 0.3) is 0 Å². The first-order chi connectivity index (χ1) is 8.20. The Morgan fingerprint density at radius 3 is 2.82 bits per heavy atom. The smallest absolute Gasteiger partial charge is 0.168 e. The minimum atomic E-state index is -0.627. The van der Waals surface area contributed by atoms with Crippen LogP contribution in [0.5, 0.6) is 5.75 Å². The molecule has 2 nitrogen and oxygen atoms in total. The summed E-state index contributed by atoms with van der Waals surface area (Å²) in [7, 11) is 1.41. The third-order valence-electron chi connectivity index (χ3n) is 3.17. The highest BCUT2D eigenvalue weighted by atomic mass is 19.1. The van der Waals surface area contributed by atoms with E-state index in [0.717, 1.165) is 25.5 Å². The number of methoxy groups -OCH3 is 1. The molecule has 0 aliphatic carbocycles. The van der Waals surface area contributed by atoms with E-state index in [0.29, 0.717) is 18.0 Å². The van der Waals surface area contributed by atoms with Crippen molar-refractivity contribution in [2.45, 2.75) is 31.7 Å². The van der Waals surface area contributed by atoms with Crippen molar-refractivity contribution in [2.75, 3.05) is 13.7 Å². The van der Waals surface area contributed by atoms with Crippen LogP contribution in [0.25, 0.3) is 0 Å². The Bertz CT molecular complexity index is 389. The largest absolute Gasteiger partial charge is 0.493 e. The fourth-order valence-electron chi connectivity index (χ4n) is 2.36. The van der Waals surface area contributed by atoms with Crippen LogP contribution in [0.2, 0.25) is 0 Å². The average Bonchev–Trinajstić information content (AvgIpc) is 2.30. The van der Waals surface area contributed by atoms with Gasteiger partial charge in [0.15, 0.2) is 11.6 Å². The highest BCUT2D eigenvalue weighted by Crippen LogP contribution is 2.26. The molecule has 1 aromatic rings. The average molecular weight is 241 g/mol. The van der Waals surface area contributed by atoms with Gasteiger partial charge < -0.3 is 10.1 Å². The number of piperidine rings is 1. The summed E-state index contributed by atoms with van der Waals surface area (Å²) in [5.41, 5.74) is 0.601. The molecule has 0 aromatic heterocycles. The van der Waals surface area contributed by atoms with Gasteiger partial charge in [-0.2, -0.15) is 0 Å². The summed E-state index contributed by atoms with van der Waals surface area (Å²) in [5.74, 6) is -1.01. The van der Waals surface area contributed by atoms with Gasteiger partial charge in [-0.3, -0.25) is 0 Å². The zero-order chi connectivity index (χ0) is 12.3. The predicted octanol–water partition coefficient (Wildman–Crippen LogP) is 2.66. The molecule has 17 heavy (non-hydrogen) atoms. The van der Waals surface area contributed by atoms with Gasteiger partial charge in [-0.25, -0.2) is 8.78 Å². The molecule has 1 heterocycles. The quantitative estimate of drug-likeness (QED) is 0.878. The van der Waals surface area contributed by atoms with Gasteiger partial charge in [-0.05, 0) is 31.9 Å². The van der Waals surface area contributed by atoms with Crippen molar-refractivity contribution >= 4 is 0 Å². The van der Waals surface area contributed by atoms with E-state index in [1.807, 2.05) is 0 Å². The lowest BCUT2D eigenvalue weighted by Gasteiger charge is -2.24. The second kappa shape index (κ2) is 5.45. The Labute approximate surface area is 100.0 Å². The highest BCUT2D eigenvalue weighted by Gasteiger charge is 2.18. The highest BCUT2D eigenvalue weighted by molar-refractivity contribution is 5.36. The van der Waals surface area contributed by atoms with Gasteiger partial charge in [0.05, 0.1) is 7.11 Å². The number of hydrogen-bond acceptors (Lipinski definition) is 2. The van der Waals surface area contributed by atoms with Crippen LogP contribution in [-0.4, -0.2) is 19.7 Å². The standard InChI is InChI=1S/C13H17F2NO/c1-17-13-9(6-10(14)8-12(13)15)7-11-4-2-3-5-16-11/h6,8,11,16H,2-5,7H2,1H3. The van der Waals surface area contributed by atoms with E-state index < -0.39 is 11.6 Å². The van der Waals surface area contributed by atoms with Gasteiger partial charge in [0.1, 0.15) is 5.82 Å². The maximum Gasteiger partial charge on any atom is 0.168 e. The van der Waals surface area contributed by atoms with E-state index in [4.69, 9.17) is 4.74 Å². The van der Waals surface area contributed by atoms with E-state index in [-0.39, 0.29) is 5.75 Å². The maximum absolute atomic E-state index is 13.5. The zero-order valence-electron chi connectivity index (χ0n) is 9.93. The lowest BCUT2D eigenvalue weighted by Crippen LogP contribution is -2.35. The van der Waals surface area contributed by atoms with Gasteiger partial charge in [-0.1, -0.05) is 6.42 Å². The summed E-state index contributed by atoms with van der Waals surface area (Å²) in [6.45, 7) is 0.977. The lowest BCUT2D eigenvalue weighted by molar-refractivity contribution is 0.364. The predicted molar refractivity (Wildman–Crippen MR) is 62.3 cm³/mol. The van der Waals surface area contributed by atoms with Gasteiger partial charge >= 0.3 is 0 Å². The fraction of sp³-hybridized carbons (Fsp3) is 0.538. The molecule has 1 atom stereocenters. The molecule has 2 rings (SSSR count). The molecule has 0 spiro atoms. The zero-order valence-corrected chi connectivity index (χ0v) is 9.93. The van der Waals surface area contributed by atoms with Crippen molar-refractivity contribution in [3.8, 4) is 5.75 Å². The van der Waals surface area contributed by atoms with Crippen molar-refractivity contribution in [2.24, 2.45) is 0 Å². The molecule has 1 unspecified atom stereocenters. The number of nitrogens with one attached hydrogen (secondary N) is 1. The van der Waals surface area contributed by atoms with Crippen molar-refractivity contribution in [1.82, 2.24) is 5.32 Å². The van der Waals surface area contributed by atoms with Crippen LogP contribution in [0.1, 0.15) is 24.8 Å². The molecule has 0 bridgehead atoms. The molecule has 0 saturated carbocycles. The van der Waals surface area contributed by atoms with Crippen LogP contribution >= 0.6 is 0 Å². The number of benzene rings is 1. The number of hydrogen-bond donors (Lipinski definition) is 1. The molecular formula is C13H17F2NO. The summed E-state index contributed by atoms with van der Waals surface area (Å²) in [5, 5.41) is 3.36. The third kappa shape index (κ3) is 2.94. The van der Waals surface area contributed by atoms with E-state index in [9.17, 15) is 8.78 Å². The first-order valence-electron chi connectivity index (χ1n) is 5.96. The topological polar surface area (TPSA) is 21.3 Å². The molecule has 0 radical (unpaired) electrons. The van der Waals surface area contributed by atoms with E-state index in [1.165, 1.54) is 19.6 Å². The van der Waals surface area contributed by atoms with Crippen molar-refractivity contribution in [3.05, 3.63) is 29.3 Å². The lowest BCUT2D eigenvalue weighted by atomic mass is 9.97. The van der Waals surface area contributed by atoms with E-state index in [2.05, 4.69) is 5.32 Å². The van der Waals surface area contributed by atoms with Crippen LogP contribution in [0, 0.1) is 11.6 Å². The van der Waals surface area contributed by atoms with Gasteiger partial charge in [-0.15, -0.1) is 0 Å². The Morgan fingerprint density at radius 2 is 2.18 bits per heavy atom. The Hall–Kier alpha value is -1.16. The first kappa shape index (κ1) is 12.3. The summed E-state index contributed by atoms with van der Waals surface area (Å²) in [4.78, 5) is 0. The summed E-state index contributed by atoms with van der Waals surface area (Å²) in [6, 6.07) is 2.51. The summed E-state index contributed by atoms with van der Waals surface area (Å²) in [6.07, 6.45) is 3.99. The Morgan fingerprint density at radius 1 is 1.35 bits per heavy atom. The van der Waals surface area contributed by atoms with Crippen LogP contribution in [-0.2, 0) is 6.42 Å². The molecule has 4 heteroatoms.